The number of hydrogen-bond acceptors (Lipinski definition) is 5. The van der Waals surface area contributed by atoms with Gasteiger partial charge >= 0.3 is 0 Å². The van der Waals surface area contributed by atoms with E-state index in [1.165, 1.54) is 6.07 Å². The number of halogens is 1. The highest BCUT2D eigenvalue weighted by molar-refractivity contribution is 5.96. The topological polar surface area (TPSA) is 85.6 Å². The number of rotatable bonds is 6. The molecule has 0 aliphatic rings. The summed E-state index contributed by atoms with van der Waals surface area (Å²) in [6.07, 6.45) is 1.75. The number of carbonyl (C=O) groups is 1. The zero-order chi connectivity index (χ0) is 24.4. The lowest BCUT2D eigenvalue weighted by Gasteiger charge is -2.16. The molecule has 2 aromatic carbocycles. The number of amides is 1. The third kappa shape index (κ3) is 4.85. The molecule has 0 aliphatic heterocycles. The van der Waals surface area contributed by atoms with Crippen LogP contribution in [0.4, 0.5) is 4.39 Å². The first-order valence-corrected chi connectivity index (χ1v) is 11.2. The summed E-state index contributed by atoms with van der Waals surface area (Å²) < 4.78 is 16.4. The molecule has 0 spiro atoms. The Labute approximate surface area is 198 Å². The largest absolute Gasteiger partial charge is 0.345 e. The summed E-state index contributed by atoms with van der Waals surface area (Å²) in [5.74, 6) is 0.0550. The Balaban J connectivity index is 1.77. The van der Waals surface area contributed by atoms with Crippen LogP contribution in [-0.2, 0) is 0 Å². The molecule has 2 aromatic heterocycles. The molecule has 1 atom stereocenters. The summed E-state index contributed by atoms with van der Waals surface area (Å²) in [5.41, 5.74) is 4.54. The molecule has 0 bridgehead atoms. The molecule has 0 aliphatic carbocycles. The van der Waals surface area contributed by atoms with Crippen LogP contribution in [0.25, 0.3) is 16.8 Å². The zero-order valence-corrected chi connectivity index (χ0v) is 19.9. The Bertz CT molecular complexity index is 1330. The van der Waals surface area contributed by atoms with Gasteiger partial charge in [-0.2, -0.15) is 4.68 Å². The van der Waals surface area contributed by atoms with Crippen LogP contribution >= 0.6 is 0 Å². The summed E-state index contributed by atoms with van der Waals surface area (Å²) in [7, 11) is 0. The fourth-order valence-electron chi connectivity index (χ4n) is 3.71. The second kappa shape index (κ2) is 9.51. The second-order valence-electron chi connectivity index (χ2n) is 8.78. The Morgan fingerprint density at radius 1 is 1.03 bits per heavy atom. The predicted octanol–water partition coefficient (Wildman–Crippen LogP) is 5.09. The maximum Gasteiger partial charge on any atom is 0.251 e. The van der Waals surface area contributed by atoms with E-state index in [1.54, 1.807) is 35.1 Å². The highest BCUT2D eigenvalue weighted by Crippen LogP contribution is 2.28. The molecule has 0 fully saturated rings. The molecule has 1 unspecified atom stereocenters. The average molecular weight is 459 g/mol. The fourth-order valence-corrected chi connectivity index (χ4v) is 3.71. The summed E-state index contributed by atoms with van der Waals surface area (Å²) in [5, 5.41) is 15.0. The molecule has 0 saturated carbocycles. The van der Waals surface area contributed by atoms with Crippen LogP contribution in [0.15, 0.2) is 54.7 Å². The predicted molar refractivity (Wildman–Crippen MR) is 128 cm³/mol. The lowest BCUT2D eigenvalue weighted by Crippen LogP contribution is -2.27. The highest BCUT2D eigenvalue weighted by atomic mass is 19.1. The number of aromatic nitrogens is 5. The van der Waals surface area contributed by atoms with Crippen LogP contribution in [-0.4, -0.2) is 31.1 Å². The smallest absolute Gasteiger partial charge is 0.251 e. The normalized spacial score (nSPS) is 12.1. The molecule has 4 rings (SSSR count). The van der Waals surface area contributed by atoms with Crippen molar-refractivity contribution in [2.75, 3.05) is 0 Å². The van der Waals surface area contributed by atoms with Crippen LogP contribution < -0.4 is 5.32 Å². The van der Waals surface area contributed by atoms with Gasteiger partial charge in [-0.25, -0.2) is 4.39 Å². The molecule has 7 nitrogen and oxygen atoms in total. The van der Waals surface area contributed by atoms with Crippen molar-refractivity contribution in [2.24, 2.45) is 0 Å². The number of nitrogens with zero attached hydrogens (tertiary/aromatic N) is 5. The molecule has 34 heavy (non-hydrogen) atoms. The van der Waals surface area contributed by atoms with Crippen LogP contribution in [0.3, 0.4) is 0 Å². The summed E-state index contributed by atoms with van der Waals surface area (Å²) >= 11 is 0. The highest BCUT2D eigenvalue weighted by Gasteiger charge is 2.19. The number of nitrogens with one attached hydrogen (secondary N) is 1. The van der Waals surface area contributed by atoms with Gasteiger partial charge in [0.1, 0.15) is 5.82 Å². The van der Waals surface area contributed by atoms with E-state index >= 15 is 0 Å². The second-order valence-corrected chi connectivity index (χ2v) is 8.78. The van der Waals surface area contributed by atoms with Crippen molar-refractivity contribution in [1.29, 1.82) is 0 Å². The molecule has 0 saturated heterocycles. The van der Waals surface area contributed by atoms with E-state index in [0.717, 1.165) is 16.8 Å². The summed E-state index contributed by atoms with van der Waals surface area (Å²) in [6, 6.07) is 13.8. The molecule has 8 heteroatoms. The van der Waals surface area contributed by atoms with Gasteiger partial charge in [0, 0.05) is 28.9 Å². The van der Waals surface area contributed by atoms with Gasteiger partial charge in [-0.3, -0.25) is 9.78 Å². The van der Waals surface area contributed by atoms with E-state index in [4.69, 9.17) is 0 Å². The zero-order valence-electron chi connectivity index (χ0n) is 19.9. The average Bonchev–Trinajstić information content (AvgIpc) is 3.29. The van der Waals surface area contributed by atoms with E-state index < -0.39 is 0 Å². The van der Waals surface area contributed by atoms with Crippen LogP contribution in [0.5, 0.6) is 0 Å². The standard InChI is InChI=1S/C26H27FN6O/c1-15(2)25-30-31-32-33(25)22-12-20(23-9-6-16(3)10-24(23)27)11-21(13-22)26(34)29-18(5)19-8-7-17(4)28-14-19/h6-15,18H,1-5H3,(H,29,34). The lowest BCUT2D eigenvalue weighted by molar-refractivity contribution is 0.0940. The molecule has 4 aromatic rings. The van der Waals surface area contributed by atoms with Gasteiger partial charge in [0.15, 0.2) is 5.82 Å². The Morgan fingerprint density at radius 3 is 2.50 bits per heavy atom. The third-order valence-corrected chi connectivity index (χ3v) is 5.65. The maximum absolute atomic E-state index is 14.9. The molecular weight excluding hydrogens is 431 g/mol. The summed E-state index contributed by atoms with van der Waals surface area (Å²) in [4.78, 5) is 17.6. The third-order valence-electron chi connectivity index (χ3n) is 5.65. The molecule has 1 N–H and O–H groups in total. The monoisotopic (exact) mass is 458 g/mol. The van der Waals surface area contributed by atoms with Crippen molar-refractivity contribution in [3.05, 3.63) is 88.8 Å². The van der Waals surface area contributed by atoms with Crippen molar-refractivity contribution in [3.8, 4) is 16.8 Å². The number of aryl methyl sites for hydroxylation is 2. The van der Waals surface area contributed by atoms with Crippen LogP contribution in [0.1, 0.15) is 65.7 Å². The minimum absolute atomic E-state index is 0.0566. The number of hydrogen-bond donors (Lipinski definition) is 1. The molecule has 1 amide bonds. The van der Waals surface area contributed by atoms with Crippen molar-refractivity contribution in [2.45, 2.75) is 46.6 Å². The van der Waals surface area contributed by atoms with Crippen molar-refractivity contribution in [3.63, 3.8) is 0 Å². The molecule has 2 heterocycles. The Morgan fingerprint density at radius 2 is 1.82 bits per heavy atom. The quantitative estimate of drug-likeness (QED) is 0.435. The maximum atomic E-state index is 14.9. The van der Waals surface area contributed by atoms with Crippen molar-refractivity contribution >= 4 is 5.91 Å². The number of benzene rings is 2. The van der Waals surface area contributed by atoms with E-state index in [9.17, 15) is 9.18 Å². The van der Waals surface area contributed by atoms with Crippen molar-refractivity contribution in [1.82, 2.24) is 30.5 Å². The van der Waals surface area contributed by atoms with E-state index in [1.807, 2.05) is 52.8 Å². The molecule has 174 valence electrons. The number of pyridine rings is 1. The van der Waals surface area contributed by atoms with Gasteiger partial charge in [0.2, 0.25) is 0 Å². The van der Waals surface area contributed by atoms with E-state index in [2.05, 4.69) is 25.8 Å². The Hall–Kier alpha value is -3.94. The lowest BCUT2D eigenvalue weighted by atomic mass is 9.99. The van der Waals surface area contributed by atoms with Crippen LogP contribution in [0.2, 0.25) is 0 Å². The van der Waals surface area contributed by atoms with Gasteiger partial charge in [0.25, 0.3) is 5.91 Å². The number of tetrazole rings is 1. The van der Waals surface area contributed by atoms with E-state index in [0.29, 0.717) is 28.2 Å². The minimum Gasteiger partial charge on any atom is -0.345 e. The van der Waals surface area contributed by atoms with Crippen LogP contribution in [0, 0.1) is 19.7 Å². The van der Waals surface area contributed by atoms with Gasteiger partial charge in [0.05, 0.1) is 11.7 Å². The van der Waals surface area contributed by atoms with Gasteiger partial charge in [-0.05, 0) is 78.2 Å². The molecular formula is C26H27FN6O. The van der Waals surface area contributed by atoms with Gasteiger partial charge in [-0.1, -0.05) is 32.0 Å². The van der Waals surface area contributed by atoms with Gasteiger partial charge in [-0.15, -0.1) is 5.10 Å². The minimum atomic E-state index is -0.358. The van der Waals surface area contributed by atoms with E-state index in [-0.39, 0.29) is 23.7 Å². The Kier molecular flexibility index (Phi) is 6.49. The van der Waals surface area contributed by atoms with Gasteiger partial charge < -0.3 is 5.32 Å². The first-order valence-electron chi connectivity index (χ1n) is 11.2. The van der Waals surface area contributed by atoms with Crippen molar-refractivity contribution < 1.29 is 9.18 Å². The first kappa shape index (κ1) is 23.2. The molecule has 0 radical (unpaired) electrons. The SMILES string of the molecule is Cc1ccc(-c2cc(C(=O)NC(C)c3ccc(C)nc3)cc(-n3nnnc3C(C)C)c2)c(F)c1. The number of carbonyl (C=O) groups excluding carboxylic acids is 1. The summed E-state index contributed by atoms with van der Waals surface area (Å²) in [6.45, 7) is 9.61. The first-order chi connectivity index (χ1) is 16.2. The fraction of sp³-hybridized carbons (Fsp3) is 0.269.